The standard InChI is InChI=1S/C33H32ClFN2O3/c34-25-9-12-27(13-10-25)37-33(40)30(18-22-3-1-21(2-4-22)17-28(39)20-38)24-7-5-23(6-8-24)29-15-16-36-32-14-11-26(35)19-31(29)32/h1-4,9-16,19,23-24,30,38H,5-8,17-18,20H2,(H,37,40). The van der Waals surface area contributed by atoms with Crippen LogP contribution in [0.5, 0.6) is 0 Å². The summed E-state index contributed by atoms with van der Waals surface area (Å²) in [5.74, 6) is -0.290. The molecule has 7 heteroatoms. The number of aliphatic hydroxyl groups is 1. The quantitative estimate of drug-likeness (QED) is 0.234. The minimum atomic E-state index is -0.471. The Bertz CT molecular complexity index is 1480. The second kappa shape index (κ2) is 12.7. The normalized spacial score (nSPS) is 17.9. The molecule has 2 N–H and O–H groups in total. The Morgan fingerprint density at radius 3 is 2.35 bits per heavy atom. The van der Waals surface area contributed by atoms with Crippen LogP contribution < -0.4 is 5.32 Å². The molecule has 4 aromatic rings. The number of ketones is 1. The molecule has 1 heterocycles. The number of carbonyl (C=O) groups excluding carboxylic acids is 2. The average Bonchev–Trinajstić information content (AvgIpc) is 2.97. The Kier molecular flexibility index (Phi) is 8.88. The zero-order valence-corrected chi connectivity index (χ0v) is 22.9. The van der Waals surface area contributed by atoms with Gasteiger partial charge in [-0.3, -0.25) is 14.6 Å². The summed E-state index contributed by atoms with van der Waals surface area (Å²) in [6, 6.07) is 21.6. The van der Waals surface area contributed by atoms with Crippen molar-refractivity contribution in [1.29, 1.82) is 0 Å². The lowest BCUT2D eigenvalue weighted by Crippen LogP contribution is -2.33. The molecule has 5 rings (SSSR count). The summed E-state index contributed by atoms with van der Waals surface area (Å²) >= 11 is 6.03. The third-order valence-electron chi connectivity index (χ3n) is 8.02. The minimum Gasteiger partial charge on any atom is -0.389 e. The van der Waals surface area contributed by atoms with E-state index in [0.717, 1.165) is 53.3 Å². The average molecular weight is 559 g/mol. The van der Waals surface area contributed by atoms with Crippen molar-refractivity contribution in [1.82, 2.24) is 4.98 Å². The molecule has 1 atom stereocenters. The van der Waals surface area contributed by atoms with Crippen LogP contribution in [-0.4, -0.2) is 28.4 Å². The zero-order valence-electron chi connectivity index (χ0n) is 22.2. The molecular weight excluding hydrogens is 527 g/mol. The van der Waals surface area contributed by atoms with E-state index in [1.165, 1.54) is 6.07 Å². The van der Waals surface area contributed by atoms with Gasteiger partial charge in [0.15, 0.2) is 5.78 Å². The van der Waals surface area contributed by atoms with Crippen LogP contribution >= 0.6 is 11.6 Å². The number of amides is 1. The number of fused-ring (bicyclic) bond motifs is 1. The summed E-state index contributed by atoms with van der Waals surface area (Å²) in [6.07, 6.45) is 6.14. The molecule has 0 aliphatic heterocycles. The summed E-state index contributed by atoms with van der Waals surface area (Å²) in [6.45, 7) is -0.471. The highest BCUT2D eigenvalue weighted by Crippen LogP contribution is 2.42. The first-order valence-corrected chi connectivity index (χ1v) is 14.1. The minimum absolute atomic E-state index is 0.0262. The number of pyridine rings is 1. The molecule has 1 fully saturated rings. The maximum atomic E-state index is 14.0. The van der Waals surface area contributed by atoms with E-state index in [2.05, 4.69) is 10.3 Å². The fraction of sp³-hybridized carbons (Fsp3) is 0.303. The van der Waals surface area contributed by atoms with Crippen molar-refractivity contribution in [2.75, 3.05) is 11.9 Å². The van der Waals surface area contributed by atoms with Crippen LogP contribution in [0.3, 0.4) is 0 Å². The Hall–Kier alpha value is -3.61. The number of Topliss-reactive ketones (excluding diaryl/α,β-unsaturated/α-hetero) is 1. The molecule has 40 heavy (non-hydrogen) atoms. The Balaban J connectivity index is 1.33. The van der Waals surface area contributed by atoms with E-state index >= 15 is 0 Å². The monoisotopic (exact) mass is 558 g/mol. The number of anilines is 1. The van der Waals surface area contributed by atoms with Crippen molar-refractivity contribution in [3.05, 3.63) is 107 Å². The summed E-state index contributed by atoms with van der Waals surface area (Å²) in [5, 5.41) is 13.6. The van der Waals surface area contributed by atoms with Crippen molar-refractivity contribution in [2.24, 2.45) is 11.8 Å². The van der Waals surface area contributed by atoms with Crippen LogP contribution in [0, 0.1) is 17.7 Å². The van der Waals surface area contributed by atoms with Gasteiger partial charge in [-0.1, -0.05) is 35.9 Å². The van der Waals surface area contributed by atoms with Gasteiger partial charge in [-0.25, -0.2) is 4.39 Å². The number of benzene rings is 3. The largest absolute Gasteiger partial charge is 0.389 e. The lowest BCUT2D eigenvalue weighted by molar-refractivity contribution is -0.122. The fourth-order valence-electron chi connectivity index (χ4n) is 5.90. The van der Waals surface area contributed by atoms with Crippen molar-refractivity contribution >= 4 is 39.9 Å². The predicted molar refractivity (Wildman–Crippen MR) is 156 cm³/mol. The summed E-state index contributed by atoms with van der Waals surface area (Å²) in [4.78, 5) is 29.7. The van der Waals surface area contributed by atoms with Crippen LogP contribution in [-0.2, 0) is 22.4 Å². The first-order chi connectivity index (χ1) is 19.4. The molecule has 5 nitrogen and oxygen atoms in total. The van der Waals surface area contributed by atoms with Gasteiger partial charge >= 0.3 is 0 Å². The van der Waals surface area contributed by atoms with E-state index in [9.17, 15) is 14.0 Å². The van der Waals surface area contributed by atoms with Gasteiger partial charge in [0.25, 0.3) is 0 Å². The van der Waals surface area contributed by atoms with Gasteiger partial charge in [0.2, 0.25) is 5.91 Å². The van der Waals surface area contributed by atoms with Crippen LogP contribution in [0.1, 0.15) is 48.3 Å². The van der Waals surface area contributed by atoms with Crippen molar-refractivity contribution < 1.29 is 19.1 Å². The molecule has 1 amide bonds. The summed E-state index contributed by atoms with van der Waals surface area (Å²) in [7, 11) is 0. The van der Waals surface area contributed by atoms with Gasteiger partial charge in [-0.05, 0) is 109 Å². The number of halogens is 2. The Morgan fingerprint density at radius 1 is 0.950 bits per heavy atom. The fourth-order valence-corrected chi connectivity index (χ4v) is 6.03. The molecule has 1 saturated carbocycles. The van der Waals surface area contributed by atoms with E-state index in [4.69, 9.17) is 16.7 Å². The molecule has 206 valence electrons. The smallest absolute Gasteiger partial charge is 0.228 e. The molecule has 1 aliphatic carbocycles. The second-order valence-electron chi connectivity index (χ2n) is 10.7. The van der Waals surface area contributed by atoms with Crippen LogP contribution in [0.15, 0.2) is 79.0 Å². The van der Waals surface area contributed by atoms with Gasteiger partial charge in [0.1, 0.15) is 12.4 Å². The van der Waals surface area contributed by atoms with E-state index in [-0.39, 0.29) is 41.7 Å². The van der Waals surface area contributed by atoms with Crippen molar-refractivity contribution in [3.8, 4) is 0 Å². The van der Waals surface area contributed by atoms with E-state index in [1.807, 2.05) is 30.3 Å². The number of nitrogens with zero attached hydrogens (tertiary/aromatic N) is 1. The van der Waals surface area contributed by atoms with Crippen LogP contribution in [0.4, 0.5) is 10.1 Å². The van der Waals surface area contributed by atoms with E-state index < -0.39 is 6.61 Å². The van der Waals surface area contributed by atoms with Gasteiger partial charge in [0, 0.05) is 34.6 Å². The third-order valence-corrected chi connectivity index (χ3v) is 8.27. The van der Waals surface area contributed by atoms with Gasteiger partial charge in [0.05, 0.1) is 5.52 Å². The molecule has 0 spiro atoms. The molecular formula is C33H32ClFN2O3. The van der Waals surface area contributed by atoms with Gasteiger partial charge in [-0.15, -0.1) is 0 Å². The third kappa shape index (κ3) is 6.75. The maximum absolute atomic E-state index is 14.0. The number of hydrogen-bond acceptors (Lipinski definition) is 4. The molecule has 3 aromatic carbocycles. The first kappa shape index (κ1) is 27.9. The Labute approximate surface area is 238 Å². The lowest BCUT2D eigenvalue weighted by atomic mass is 9.71. The number of aromatic nitrogens is 1. The molecule has 1 aromatic heterocycles. The zero-order chi connectivity index (χ0) is 28.1. The highest BCUT2D eigenvalue weighted by atomic mass is 35.5. The number of aliphatic hydroxyl groups excluding tert-OH is 1. The highest BCUT2D eigenvalue weighted by molar-refractivity contribution is 6.30. The first-order valence-electron chi connectivity index (χ1n) is 13.7. The maximum Gasteiger partial charge on any atom is 0.228 e. The van der Waals surface area contributed by atoms with Gasteiger partial charge < -0.3 is 10.4 Å². The number of hydrogen-bond donors (Lipinski definition) is 2. The van der Waals surface area contributed by atoms with Crippen molar-refractivity contribution in [2.45, 2.75) is 44.4 Å². The topological polar surface area (TPSA) is 79.3 Å². The molecule has 0 saturated heterocycles. The Morgan fingerprint density at radius 2 is 1.65 bits per heavy atom. The van der Waals surface area contributed by atoms with Crippen LogP contribution in [0.2, 0.25) is 5.02 Å². The number of rotatable bonds is 9. The summed E-state index contributed by atoms with van der Waals surface area (Å²) in [5.41, 5.74) is 4.49. The van der Waals surface area contributed by atoms with E-state index in [0.29, 0.717) is 17.1 Å². The lowest BCUT2D eigenvalue weighted by Gasteiger charge is -2.34. The molecule has 1 aliphatic rings. The van der Waals surface area contributed by atoms with Crippen LogP contribution in [0.25, 0.3) is 10.9 Å². The molecule has 0 radical (unpaired) electrons. The summed E-state index contributed by atoms with van der Waals surface area (Å²) < 4.78 is 14.0. The molecule has 0 bridgehead atoms. The van der Waals surface area contributed by atoms with Gasteiger partial charge in [-0.2, -0.15) is 0 Å². The number of carbonyl (C=O) groups is 2. The highest BCUT2D eigenvalue weighted by Gasteiger charge is 2.33. The second-order valence-corrected chi connectivity index (χ2v) is 11.1. The molecule has 1 unspecified atom stereocenters. The number of nitrogens with one attached hydrogen (secondary N) is 1. The SMILES string of the molecule is O=C(CO)Cc1ccc(CC(C(=O)Nc2ccc(Cl)cc2)C2CCC(c3ccnc4ccc(F)cc34)CC2)cc1. The predicted octanol–water partition coefficient (Wildman–Crippen LogP) is 6.90. The van der Waals surface area contributed by atoms with E-state index in [1.54, 1.807) is 42.6 Å². The van der Waals surface area contributed by atoms with Crippen molar-refractivity contribution in [3.63, 3.8) is 0 Å².